The van der Waals surface area contributed by atoms with E-state index in [-0.39, 0.29) is 27.4 Å². The smallest absolute Gasteiger partial charge is 0.297 e. The summed E-state index contributed by atoms with van der Waals surface area (Å²) < 4.78 is 25.3. The fourth-order valence-corrected chi connectivity index (χ4v) is 3.35. The largest absolute Gasteiger partial charge is 0.351 e. The van der Waals surface area contributed by atoms with Crippen molar-refractivity contribution in [2.75, 3.05) is 6.54 Å². The number of nitrogens with one attached hydrogen (secondary N) is 1. The number of aromatic nitrogens is 2. The number of benzene rings is 1. The van der Waals surface area contributed by atoms with Crippen LogP contribution < -0.4 is 5.32 Å². The summed E-state index contributed by atoms with van der Waals surface area (Å²) in [6, 6.07) is 4.86. The first kappa shape index (κ1) is 19.0. The predicted octanol–water partition coefficient (Wildman–Crippen LogP) is 5.03. The van der Waals surface area contributed by atoms with E-state index in [0.29, 0.717) is 12.5 Å². The molecule has 1 amide bonds. The number of hydrogen-bond acceptors (Lipinski definition) is 3. The molecule has 1 aromatic carbocycles. The molecule has 1 aliphatic rings. The molecule has 26 heavy (non-hydrogen) atoms. The van der Waals surface area contributed by atoms with E-state index in [4.69, 9.17) is 23.2 Å². The van der Waals surface area contributed by atoms with Gasteiger partial charge in [-0.2, -0.15) is 0 Å². The lowest BCUT2D eigenvalue weighted by Gasteiger charge is -2.18. The average molecular weight is 400 g/mol. The Bertz CT molecular complexity index is 762. The van der Waals surface area contributed by atoms with E-state index >= 15 is 0 Å². The molecule has 1 aromatic heterocycles. The molecular weight excluding hydrogens is 383 g/mol. The number of amides is 1. The molecular formula is C18H17Cl2F2N3O. The maximum atomic E-state index is 12.6. The van der Waals surface area contributed by atoms with E-state index in [1.54, 1.807) is 18.2 Å². The summed E-state index contributed by atoms with van der Waals surface area (Å²) in [7, 11) is 0. The summed E-state index contributed by atoms with van der Waals surface area (Å²) in [5.41, 5.74) is 0.956. The highest BCUT2D eigenvalue weighted by Crippen LogP contribution is 2.38. The van der Waals surface area contributed by atoms with Crippen LogP contribution in [0.25, 0.3) is 0 Å². The summed E-state index contributed by atoms with van der Waals surface area (Å²) in [6.45, 7) is 0.328. The van der Waals surface area contributed by atoms with Crippen LogP contribution in [-0.2, 0) is 0 Å². The number of rotatable bonds is 7. The number of carbonyl (C=O) groups is 1. The maximum Gasteiger partial charge on any atom is 0.297 e. The van der Waals surface area contributed by atoms with Gasteiger partial charge in [-0.3, -0.25) is 4.79 Å². The molecule has 3 rings (SSSR count). The Hall–Kier alpha value is -1.79. The minimum absolute atomic E-state index is 0.0561. The van der Waals surface area contributed by atoms with Crippen LogP contribution in [0.3, 0.4) is 0 Å². The van der Waals surface area contributed by atoms with Gasteiger partial charge >= 0.3 is 0 Å². The van der Waals surface area contributed by atoms with Crippen LogP contribution >= 0.6 is 23.2 Å². The average Bonchev–Trinajstić information content (AvgIpc) is 3.42. The van der Waals surface area contributed by atoms with Gasteiger partial charge in [-0.1, -0.05) is 42.1 Å². The van der Waals surface area contributed by atoms with Gasteiger partial charge < -0.3 is 5.32 Å². The molecule has 0 radical (unpaired) electrons. The second-order valence-corrected chi connectivity index (χ2v) is 7.17. The third-order valence-electron chi connectivity index (χ3n) is 4.37. The Morgan fingerprint density at radius 2 is 1.81 bits per heavy atom. The zero-order valence-electron chi connectivity index (χ0n) is 13.8. The lowest BCUT2D eigenvalue weighted by molar-refractivity contribution is 0.0950. The van der Waals surface area contributed by atoms with Crippen molar-refractivity contribution in [3.63, 3.8) is 0 Å². The van der Waals surface area contributed by atoms with Crippen LogP contribution in [0.5, 0.6) is 0 Å². The molecule has 0 aliphatic heterocycles. The Morgan fingerprint density at radius 1 is 1.19 bits per heavy atom. The van der Waals surface area contributed by atoms with Crippen molar-refractivity contribution in [3.05, 3.63) is 57.6 Å². The van der Waals surface area contributed by atoms with Crippen LogP contribution in [0.15, 0.2) is 30.6 Å². The minimum Gasteiger partial charge on any atom is -0.351 e. The summed E-state index contributed by atoms with van der Waals surface area (Å²) in [5, 5.41) is 3.39. The lowest BCUT2D eigenvalue weighted by atomic mass is 9.95. The molecule has 4 nitrogen and oxygen atoms in total. The van der Waals surface area contributed by atoms with Crippen molar-refractivity contribution in [1.82, 2.24) is 15.3 Å². The molecule has 8 heteroatoms. The fourth-order valence-electron chi connectivity index (χ4n) is 2.78. The van der Waals surface area contributed by atoms with Gasteiger partial charge in [0.15, 0.2) is 5.82 Å². The van der Waals surface area contributed by atoms with Crippen molar-refractivity contribution in [1.29, 1.82) is 0 Å². The Kier molecular flexibility index (Phi) is 6.04. The number of hydrogen-bond donors (Lipinski definition) is 1. The maximum absolute atomic E-state index is 12.6. The molecule has 1 unspecified atom stereocenters. The van der Waals surface area contributed by atoms with Gasteiger partial charge in [0.2, 0.25) is 0 Å². The molecule has 2 aromatic rings. The summed E-state index contributed by atoms with van der Waals surface area (Å²) >= 11 is 12.1. The quantitative estimate of drug-likeness (QED) is 0.709. The van der Waals surface area contributed by atoms with E-state index < -0.39 is 12.2 Å². The Balaban J connectivity index is 1.71. The third kappa shape index (κ3) is 4.68. The van der Waals surface area contributed by atoms with Gasteiger partial charge in [-0.05, 0) is 30.0 Å². The van der Waals surface area contributed by atoms with Crippen molar-refractivity contribution in [3.8, 4) is 0 Å². The second kappa shape index (κ2) is 8.27. The number of nitrogens with zero attached hydrogens (tertiary/aromatic N) is 2. The summed E-state index contributed by atoms with van der Waals surface area (Å²) in [5.74, 6) is -0.340. The van der Waals surface area contributed by atoms with Crippen molar-refractivity contribution in [2.24, 2.45) is 5.92 Å². The van der Waals surface area contributed by atoms with E-state index in [1.807, 2.05) is 0 Å². The SMILES string of the molecule is O=C(NCC(CC1CC1)c1cnc(C(F)F)nc1)c1c(Cl)cccc1Cl. The van der Waals surface area contributed by atoms with Crippen LogP contribution in [0.4, 0.5) is 8.78 Å². The summed E-state index contributed by atoms with van der Waals surface area (Å²) in [4.78, 5) is 19.9. The first-order valence-electron chi connectivity index (χ1n) is 8.28. The molecule has 1 saturated carbocycles. The van der Waals surface area contributed by atoms with Crippen LogP contribution in [0, 0.1) is 5.92 Å². The first-order valence-corrected chi connectivity index (χ1v) is 9.03. The molecule has 1 fully saturated rings. The van der Waals surface area contributed by atoms with Crippen molar-refractivity contribution >= 4 is 29.1 Å². The van der Waals surface area contributed by atoms with Crippen LogP contribution in [-0.4, -0.2) is 22.4 Å². The van der Waals surface area contributed by atoms with Crippen LogP contribution in [0.2, 0.25) is 10.0 Å². The zero-order valence-corrected chi connectivity index (χ0v) is 15.3. The Morgan fingerprint density at radius 3 is 2.35 bits per heavy atom. The van der Waals surface area contributed by atoms with E-state index in [2.05, 4.69) is 15.3 Å². The molecule has 0 saturated heterocycles. The Labute approximate surface area is 159 Å². The van der Waals surface area contributed by atoms with Crippen molar-refractivity contribution < 1.29 is 13.6 Å². The standard InChI is InChI=1S/C18H17Cl2F2N3O/c19-13-2-1-3-14(20)15(13)18(26)25-7-11(6-10-4-5-10)12-8-23-17(16(21)22)24-9-12/h1-3,8-11,16H,4-7H2,(H,25,26). The lowest BCUT2D eigenvalue weighted by Crippen LogP contribution is -2.29. The van der Waals surface area contributed by atoms with Gasteiger partial charge in [0, 0.05) is 24.9 Å². The van der Waals surface area contributed by atoms with E-state index in [0.717, 1.165) is 24.8 Å². The zero-order chi connectivity index (χ0) is 18.7. The molecule has 1 aliphatic carbocycles. The number of halogens is 4. The minimum atomic E-state index is -2.70. The van der Waals surface area contributed by atoms with Gasteiger partial charge in [0.05, 0.1) is 15.6 Å². The van der Waals surface area contributed by atoms with Gasteiger partial charge in [-0.25, -0.2) is 18.7 Å². The molecule has 1 heterocycles. The van der Waals surface area contributed by atoms with Gasteiger partial charge in [0.1, 0.15) is 0 Å². The first-order chi connectivity index (χ1) is 12.5. The summed E-state index contributed by atoms with van der Waals surface area (Å²) in [6.07, 6.45) is 3.24. The third-order valence-corrected chi connectivity index (χ3v) is 5.00. The predicted molar refractivity (Wildman–Crippen MR) is 95.9 cm³/mol. The topological polar surface area (TPSA) is 54.9 Å². The highest BCUT2D eigenvalue weighted by atomic mass is 35.5. The molecule has 0 bridgehead atoms. The monoisotopic (exact) mass is 399 g/mol. The van der Waals surface area contributed by atoms with Gasteiger partial charge in [0.25, 0.3) is 12.3 Å². The second-order valence-electron chi connectivity index (χ2n) is 6.36. The molecule has 138 valence electrons. The fraction of sp³-hybridized carbons (Fsp3) is 0.389. The van der Waals surface area contributed by atoms with Crippen molar-refractivity contribution in [2.45, 2.75) is 31.6 Å². The van der Waals surface area contributed by atoms with E-state index in [9.17, 15) is 13.6 Å². The highest BCUT2D eigenvalue weighted by molar-refractivity contribution is 6.39. The molecule has 0 spiro atoms. The van der Waals surface area contributed by atoms with Crippen LogP contribution in [0.1, 0.15) is 53.4 Å². The highest BCUT2D eigenvalue weighted by Gasteiger charge is 2.27. The number of alkyl halides is 2. The van der Waals surface area contributed by atoms with Gasteiger partial charge in [-0.15, -0.1) is 0 Å². The molecule has 1 atom stereocenters. The normalized spacial score (nSPS) is 15.1. The molecule has 1 N–H and O–H groups in total. The van der Waals surface area contributed by atoms with E-state index in [1.165, 1.54) is 12.4 Å². The number of carbonyl (C=O) groups excluding carboxylic acids is 1.